The third-order valence-electron chi connectivity index (χ3n) is 3.77. The number of hydrogen-bond donors (Lipinski definition) is 1. The van der Waals surface area contributed by atoms with Gasteiger partial charge < -0.3 is 10.2 Å². The highest BCUT2D eigenvalue weighted by atomic mass is 16.6. The van der Waals surface area contributed by atoms with Gasteiger partial charge in [-0.1, -0.05) is 29.8 Å². The fourth-order valence-electron chi connectivity index (χ4n) is 2.15. The van der Waals surface area contributed by atoms with Crippen LogP contribution in [0.1, 0.15) is 24.1 Å². The SMILES string of the molecule is Cc1ccc(NC(=O)N(C)C(C)c2cccc([N+](=O)[O-])c2)cc1. The molecule has 0 aliphatic heterocycles. The van der Waals surface area contributed by atoms with Crippen LogP contribution in [0.15, 0.2) is 48.5 Å². The number of nitrogens with zero attached hydrogens (tertiary/aromatic N) is 2. The highest BCUT2D eigenvalue weighted by Gasteiger charge is 2.19. The highest BCUT2D eigenvalue weighted by Crippen LogP contribution is 2.23. The Morgan fingerprint density at radius 2 is 1.87 bits per heavy atom. The predicted molar refractivity (Wildman–Crippen MR) is 89.5 cm³/mol. The number of rotatable bonds is 4. The lowest BCUT2D eigenvalue weighted by atomic mass is 10.1. The van der Waals surface area contributed by atoms with Crippen molar-refractivity contribution in [1.29, 1.82) is 0 Å². The Kier molecular flexibility index (Phi) is 4.95. The molecule has 0 spiro atoms. The second kappa shape index (κ2) is 6.91. The molecule has 6 nitrogen and oxygen atoms in total. The number of carbonyl (C=O) groups is 1. The van der Waals surface area contributed by atoms with Crippen LogP contribution in [0, 0.1) is 17.0 Å². The van der Waals surface area contributed by atoms with E-state index in [1.807, 2.05) is 38.1 Å². The largest absolute Gasteiger partial charge is 0.322 e. The second-order valence-electron chi connectivity index (χ2n) is 5.44. The molecular weight excluding hydrogens is 294 g/mol. The first-order valence-electron chi connectivity index (χ1n) is 7.23. The van der Waals surface area contributed by atoms with E-state index in [4.69, 9.17) is 0 Å². The maximum atomic E-state index is 12.3. The van der Waals surface area contributed by atoms with E-state index in [-0.39, 0.29) is 17.8 Å². The van der Waals surface area contributed by atoms with Crippen LogP contribution in [0.25, 0.3) is 0 Å². The number of nitro groups is 1. The maximum absolute atomic E-state index is 12.3. The van der Waals surface area contributed by atoms with Crippen LogP contribution in [0.3, 0.4) is 0 Å². The first-order chi connectivity index (χ1) is 10.9. The molecule has 2 amide bonds. The van der Waals surface area contributed by atoms with Crippen LogP contribution < -0.4 is 5.32 Å². The smallest absolute Gasteiger partial charge is 0.321 e. The fourth-order valence-corrected chi connectivity index (χ4v) is 2.15. The van der Waals surface area contributed by atoms with E-state index in [0.717, 1.165) is 5.56 Å². The molecule has 120 valence electrons. The van der Waals surface area contributed by atoms with Gasteiger partial charge >= 0.3 is 6.03 Å². The zero-order valence-corrected chi connectivity index (χ0v) is 13.3. The van der Waals surface area contributed by atoms with E-state index >= 15 is 0 Å². The third-order valence-corrected chi connectivity index (χ3v) is 3.77. The summed E-state index contributed by atoms with van der Waals surface area (Å²) in [6, 6.07) is 13.2. The molecule has 0 heterocycles. The minimum atomic E-state index is -0.442. The molecule has 23 heavy (non-hydrogen) atoms. The number of nitrogens with one attached hydrogen (secondary N) is 1. The average molecular weight is 313 g/mol. The summed E-state index contributed by atoms with van der Waals surface area (Å²) in [5, 5.41) is 13.7. The Labute approximate surface area is 134 Å². The summed E-state index contributed by atoms with van der Waals surface area (Å²) in [7, 11) is 1.66. The molecule has 1 N–H and O–H groups in total. The van der Waals surface area contributed by atoms with Crippen molar-refractivity contribution < 1.29 is 9.72 Å². The van der Waals surface area contributed by atoms with Gasteiger partial charge in [0.2, 0.25) is 0 Å². The van der Waals surface area contributed by atoms with E-state index in [1.165, 1.54) is 17.0 Å². The van der Waals surface area contributed by atoms with Crippen LogP contribution in [0.5, 0.6) is 0 Å². The van der Waals surface area contributed by atoms with Crippen molar-refractivity contribution in [1.82, 2.24) is 4.90 Å². The molecular formula is C17H19N3O3. The predicted octanol–water partition coefficient (Wildman–Crippen LogP) is 4.13. The molecule has 0 aliphatic rings. The first kappa shape index (κ1) is 16.5. The zero-order chi connectivity index (χ0) is 17.0. The molecule has 0 aromatic heterocycles. The van der Waals surface area contributed by atoms with Crippen LogP contribution >= 0.6 is 0 Å². The number of nitro benzene ring substituents is 1. The number of hydrogen-bond acceptors (Lipinski definition) is 3. The Morgan fingerprint density at radius 3 is 2.48 bits per heavy atom. The molecule has 2 aromatic rings. The molecule has 1 atom stereocenters. The first-order valence-corrected chi connectivity index (χ1v) is 7.23. The maximum Gasteiger partial charge on any atom is 0.322 e. The normalized spacial score (nSPS) is 11.6. The van der Waals surface area contributed by atoms with Gasteiger partial charge in [-0.2, -0.15) is 0 Å². The Hall–Kier alpha value is -2.89. The third kappa shape index (κ3) is 4.06. The van der Waals surface area contributed by atoms with Crippen LogP contribution in [0.2, 0.25) is 0 Å². The summed E-state index contributed by atoms with van der Waals surface area (Å²) in [5.41, 5.74) is 2.54. The summed E-state index contributed by atoms with van der Waals surface area (Å²) in [6.45, 7) is 3.80. The number of non-ortho nitro benzene ring substituents is 1. The molecule has 2 aromatic carbocycles. The molecule has 0 aliphatic carbocycles. The van der Waals surface area contributed by atoms with Gasteiger partial charge in [-0.3, -0.25) is 10.1 Å². The average Bonchev–Trinajstić information content (AvgIpc) is 2.55. The van der Waals surface area contributed by atoms with Crippen molar-refractivity contribution in [3.63, 3.8) is 0 Å². The number of amides is 2. The van der Waals surface area contributed by atoms with E-state index in [0.29, 0.717) is 11.3 Å². The molecule has 1 unspecified atom stereocenters. The van der Waals surface area contributed by atoms with Gasteiger partial charge in [0.05, 0.1) is 11.0 Å². The van der Waals surface area contributed by atoms with Crippen molar-refractivity contribution in [2.75, 3.05) is 12.4 Å². The van der Waals surface area contributed by atoms with Crippen molar-refractivity contribution in [2.45, 2.75) is 19.9 Å². The lowest BCUT2D eigenvalue weighted by molar-refractivity contribution is -0.384. The minimum Gasteiger partial charge on any atom is -0.321 e. The standard InChI is InChI=1S/C17H19N3O3/c1-12-7-9-15(10-8-12)18-17(21)19(3)13(2)14-5-4-6-16(11-14)20(22)23/h4-11,13H,1-3H3,(H,18,21). The number of benzene rings is 2. The van der Waals surface area contributed by atoms with Crippen LogP contribution in [0.4, 0.5) is 16.2 Å². The quantitative estimate of drug-likeness (QED) is 0.681. The topological polar surface area (TPSA) is 75.5 Å². The van der Waals surface area contributed by atoms with E-state index in [2.05, 4.69) is 5.32 Å². The van der Waals surface area contributed by atoms with Crippen LogP contribution in [-0.2, 0) is 0 Å². The van der Waals surface area contributed by atoms with E-state index in [9.17, 15) is 14.9 Å². The highest BCUT2D eigenvalue weighted by molar-refractivity contribution is 5.89. The van der Waals surface area contributed by atoms with Crippen molar-refractivity contribution in [3.8, 4) is 0 Å². The number of anilines is 1. The Bertz CT molecular complexity index is 713. The van der Waals surface area contributed by atoms with Crippen molar-refractivity contribution >= 4 is 17.4 Å². The molecule has 0 saturated heterocycles. The number of carbonyl (C=O) groups excluding carboxylic acids is 1. The zero-order valence-electron chi connectivity index (χ0n) is 13.3. The summed E-state index contributed by atoms with van der Waals surface area (Å²) in [4.78, 5) is 24.2. The Morgan fingerprint density at radius 1 is 1.22 bits per heavy atom. The fraction of sp³-hybridized carbons (Fsp3) is 0.235. The van der Waals surface area contributed by atoms with Gasteiger partial charge in [-0.25, -0.2) is 4.79 Å². The van der Waals surface area contributed by atoms with Gasteiger partial charge in [0.15, 0.2) is 0 Å². The monoisotopic (exact) mass is 313 g/mol. The van der Waals surface area contributed by atoms with Crippen LogP contribution in [-0.4, -0.2) is 22.9 Å². The molecule has 0 fully saturated rings. The summed E-state index contributed by atoms with van der Waals surface area (Å²) < 4.78 is 0. The lowest BCUT2D eigenvalue weighted by Crippen LogP contribution is -2.33. The van der Waals surface area contributed by atoms with Gasteiger partial charge in [-0.05, 0) is 31.5 Å². The summed E-state index contributed by atoms with van der Waals surface area (Å²) >= 11 is 0. The Balaban J connectivity index is 2.10. The van der Waals surface area contributed by atoms with Gasteiger partial charge in [0, 0.05) is 24.9 Å². The van der Waals surface area contributed by atoms with Gasteiger partial charge in [-0.15, -0.1) is 0 Å². The molecule has 0 radical (unpaired) electrons. The lowest BCUT2D eigenvalue weighted by Gasteiger charge is -2.25. The van der Waals surface area contributed by atoms with Gasteiger partial charge in [0.25, 0.3) is 5.69 Å². The van der Waals surface area contributed by atoms with Crippen molar-refractivity contribution in [2.24, 2.45) is 0 Å². The number of aryl methyl sites for hydroxylation is 1. The van der Waals surface area contributed by atoms with Gasteiger partial charge in [0.1, 0.15) is 0 Å². The molecule has 2 rings (SSSR count). The number of urea groups is 1. The van der Waals surface area contributed by atoms with Crippen molar-refractivity contribution in [3.05, 3.63) is 69.8 Å². The molecule has 6 heteroatoms. The molecule has 0 bridgehead atoms. The summed E-state index contributed by atoms with van der Waals surface area (Å²) in [5.74, 6) is 0. The summed E-state index contributed by atoms with van der Waals surface area (Å²) in [6.07, 6.45) is 0. The second-order valence-corrected chi connectivity index (χ2v) is 5.44. The minimum absolute atomic E-state index is 0.0155. The van der Waals surface area contributed by atoms with E-state index < -0.39 is 4.92 Å². The van der Waals surface area contributed by atoms with E-state index in [1.54, 1.807) is 19.2 Å². The molecule has 0 saturated carbocycles.